The molecule has 7 nitrogen and oxygen atoms in total. The van der Waals surface area contributed by atoms with Gasteiger partial charge >= 0.3 is 0 Å². The Bertz CT molecular complexity index is 1040. The van der Waals surface area contributed by atoms with Gasteiger partial charge in [-0.1, -0.05) is 30.3 Å². The molecular weight excluding hydrogens is 422 g/mol. The van der Waals surface area contributed by atoms with E-state index in [-0.39, 0.29) is 23.9 Å². The summed E-state index contributed by atoms with van der Waals surface area (Å²) >= 11 is 0. The van der Waals surface area contributed by atoms with Crippen molar-refractivity contribution in [1.82, 2.24) is 4.90 Å². The number of piperidine rings is 1. The van der Waals surface area contributed by atoms with E-state index in [2.05, 4.69) is 0 Å². The summed E-state index contributed by atoms with van der Waals surface area (Å²) in [5, 5.41) is 0. The van der Waals surface area contributed by atoms with Crippen LogP contribution in [0.1, 0.15) is 59.2 Å². The molecule has 1 spiro atoms. The number of hydrogen-bond donors (Lipinski definition) is 0. The number of benzene rings is 2. The van der Waals surface area contributed by atoms with E-state index in [9.17, 15) is 14.4 Å². The van der Waals surface area contributed by atoms with E-state index in [0.717, 1.165) is 0 Å². The summed E-state index contributed by atoms with van der Waals surface area (Å²) in [6, 6.07) is 12.5. The second-order valence-electron chi connectivity index (χ2n) is 8.61. The van der Waals surface area contributed by atoms with Crippen molar-refractivity contribution in [3.8, 4) is 17.2 Å². The van der Waals surface area contributed by atoms with Crippen LogP contribution >= 0.6 is 0 Å². The highest BCUT2D eigenvalue weighted by molar-refractivity contribution is 6.03. The number of ether oxygens (including phenoxy) is 3. The van der Waals surface area contributed by atoms with E-state index < -0.39 is 5.60 Å². The van der Waals surface area contributed by atoms with Gasteiger partial charge in [-0.15, -0.1) is 0 Å². The Labute approximate surface area is 193 Å². The number of ketones is 2. The normalized spacial score (nSPS) is 16.7. The summed E-state index contributed by atoms with van der Waals surface area (Å²) < 4.78 is 17.0. The van der Waals surface area contributed by atoms with Crippen molar-refractivity contribution >= 4 is 17.5 Å². The summed E-state index contributed by atoms with van der Waals surface area (Å²) in [6.45, 7) is 1.05. The zero-order valence-corrected chi connectivity index (χ0v) is 19.1. The van der Waals surface area contributed by atoms with Crippen LogP contribution < -0.4 is 14.2 Å². The molecule has 0 bridgehead atoms. The number of rotatable bonds is 7. The van der Waals surface area contributed by atoms with Gasteiger partial charge in [-0.3, -0.25) is 14.4 Å². The Morgan fingerprint density at radius 2 is 1.76 bits per heavy atom. The van der Waals surface area contributed by atoms with Gasteiger partial charge in [-0.2, -0.15) is 0 Å². The van der Waals surface area contributed by atoms with Crippen molar-refractivity contribution in [3.05, 3.63) is 53.6 Å². The average molecular weight is 452 g/mol. The van der Waals surface area contributed by atoms with Crippen molar-refractivity contribution in [3.63, 3.8) is 0 Å². The van der Waals surface area contributed by atoms with Crippen LogP contribution in [0.2, 0.25) is 0 Å². The molecule has 1 amide bonds. The van der Waals surface area contributed by atoms with Crippen molar-refractivity contribution in [2.75, 3.05) is 27.3 Å². The largest absolute Gasteiger partial charge is 0.496 e. The van der Waals surface area contributed by atoms with E-state index in [4.69, 9.17) is 14.2 Å². The molecule has 0 aromatic heterocycles. The number of methoxy groups -OCH3 is 2. The van der Waals surface area contributed by atoms with E-state index in [1.807, 2.05) is 23.1 Å². The molecule has 0 aliphatic carbocycles. The molecule has 0 saturated carbocycles. The molecule has 1 fully saturated rings. The lowest BCUT2D eigenvalue weighted by Gasteiger charge is -2.44. The molecular formula is C26H29NO6. The van der Waals surface area contributed by atoms with Crippen molar-refractivity contribution in [1.29, 1.82) is 0 Å². The molecule has 7 heteroatoms. The number of fused-ring (bicyclic) bond motifs is 1. The third-order valence-electron chi connectivity index (χ3n) is 6.50. The van der Waals surface area contributed by atoms with Crippen molar-refractivity contribution < 1.29 is 28.6 Å². The van der Waals surface area contributed by atoms with Gasteiger partial charge in [0.05, 0.1) is 20.6 Å². The van der Waals surface area contributed by atoms with Gasteiger partial charge < -0.3 is 19.1 Å². The molecule has 2 heterocycles. The molecule has 2 aliphatic heterocycles. The molecule has 2 aliphatic rings. The maximum atomic E-state index is 13.0. The van der Waals surface area contributed by atoms with Gasteiger partial charge in [0.1, 0.15) is 28.4 Å². The minimum atomic E-state index is -0.623. The zero-order chi connectivity index (χ0) is 23.4. The Kier molecular flexibility index (Phi) is 6.67. The van der Waals surface area contributed by atoms with Crippen LogP contribution in [0.15, 0.2) is 42.5 Å². The first-order valence-electron chi connectivity index (χ1n) is 11.3. The molecule has 33 heavy (non-hydrogen) atoms. The molecule has 0 radical (unpaired) electrons. The maximum absolute atomic E-state index is 13.0. The second-order valence-corrected chi connectivity index (χ2v) is 8.61. The second kappa shape index (κ2) is 9.65. The summed E-state index contributed by atoms with van der Waals surface area (Å²) in [5.74, 6) is 1.56. The topological polar surface area (TPSA) is 82.1 Å². The molecule has 174 valence electrons. The fourth-order valence-corrected chi connectivity index (χ4v) is 4.62. The fraction of sp³-hybridized carbons (Fsp3) is 0.423. The number of nitrogens with zero attached hydrogens (tertiary/aromatic N) is 1. The molecule has 4 rings (SSSR count). The minimum Gasteiger partial charge on any atom is -0.496 e. The molecule has 2 aromatic carbocycles. The highest BCUT2D eigenvalue weighted by atomic mass is 16.5. The third kappa shape index (κ3) is 4.87. The number of likely N-dealkylation sites (tertiary alicyclic amines) is 1. The lowest BCUT2D eigenvalue weighted by molar-refractivity contribution is -0.134. The summed E-state index contributed by atoms with van der Waals surface area (Å²) in [6.07, 6.45) is 2.62. The van der Waals surface area contributed by atoms with Crippen LogP contribution in [0, 0.1) is 0 Å². The van der Waals surface area contributed by atoms with E-state index in [1.165, 1.54) is 7.11 Å². The Morgan fingerprint density at radius 3 is 2.42 bits per heavy atom. The first-order valence-corrected chi connectivity index (χ1v) is 11.3. The number of Topliss-reactive ketones (excluding diaryl/α,β-unsaturated/α-hetero) is 2. The standard InChI is InChI=1S/C26H29NO6/c1-31-19-15-22(32-2)25-21(29)17-26(33-23(25)16-19)11-13-27(14-12-26)24(30)10-6-9-20(28)18-7-4-3-5-8-18/h3-5,7-8,15-16H,6,9-14,17H2,1-2H3. The van der Waals surface area contributed by atoms with Crippen molar-refractivity contribution in [2.24, 2.45) is 0 Å². The van der Waals surface area contributed by atoms with Crippen LogP contribution in [0.4, 0.5) is 0 Å². The highest BCUT2D eigenvalue weighted by Crippen LogP contribution is 2.44. The smallest absolute Gasteiger partial charge is 0.222 e. The summed E-state index contributed by atoms with van der Waals surface area (Å²) in [4.78, 5) is 39.7. The van der Waals surface area contributed by atoms with Crippen LogP contribution in [-0.2, 0) is 4.79 Å². The summed E-state index contributed by atoms with van der Waals surface area (Å²) in [5.41, 5.74) is 0.504. The third-order valence-corrected chi connectivity index (χ3v) is 6.50. The van der Waals surface area contributed by atoms with E-state index in [1.54, 1.807) is 31.4 Å². The quantitative estimate of drug-likeness (QED) is 0.590. The van der Waals surface area contributed by atoms with Crippen molar-refractivity contribution in [2.45, 2.75) is 44.1 Å². The van der Waals surface area contributed by atoms with Crippen LogP contribution in [0.3, 0.4) is 0 Å². The maximum Gasteiger partial charge on any atom is 0.222 e. The first kappa shape index (κ1) is 22.8. The molecule has 2 aromatic rings. The lowest BCUT2D eigenvalue weighted by atomic mass is 9.82. The molecule has 0 N–H and O–H groups in total. The number of carbonyl (C=O) groups excluding carboxylic acids is 3. The number of hydrogen-bond acceptors (Lipinski definition) is 6. The Balaban J connectivity index is 1.33. The predicted molar refractivity (Wildman–Crippen MR) is 122 cm³/mol. The van der Waals surface area contributed by atoms with Gasteiger partial charge in [-0.25, -0.2) is 0 Å². The van der Waals surface area contributed by atoms with Crippen LogP contribution in [0.5, 0.6) is 17.2 Å². The SMILES string of the molecule is COc1cc(OC)c2c(c1)OC1(CCN(C(=O)CCCC(=O)c3ccccc3)CC1)CC2=O. The van der Waals surface area contributed by atoms with Gasteiger partial charge in [-0.05, 0) is 6.42 Å². The first-order chi connectivity index (χ1) is 15.9. The molecule has 0 atom stereocenters. The number of amides is 1. The summed E-state index contributed by atoms with van der Waals surface area (Å²) in [7, 11) is 3.07. The van der Waals surface area contributed by atoms with Crippen LogP contribution in [0.25, 0.3) is 0 Å². The van der Waals surface area contributed by atoms with Gasteiger partial charge in [0.15, 0.2) is 11.6 Å². The molecule has 0 unspecified atom stereocenters. The minimum absolute atomic E-state index is 0.0186. The van der Waals surface area contributed by atoms with E-state index in [0.29, 0.717) is 73.6 Å². The van der Waals surface area contributed by atoms with Gasteiger partial charge in [0.2, 0.25) is 5.91 Å². The molecule has 1 saturated heterocycles. The van der Waals surface area contributed by atoms with Crippen LogP contribution in [-0.4, -0.2) is 55.3 Å². The van der Waals surface area contributed by atoms with Gasteiger partial charge in [0.25, 0.3) is 0 Å². The van der Waals surface area contributed by atoms with Gasteiger partial charge in [0, 0.05) is 56.5 Å². The average Bonchev–Trinajstić information content (AvgIpc) is 2.83. The fourth-order valence-electron chi connectivity index (χ4n) is 4.62. The Hall–Kier alpha value is -3.35. The lowest BCUT2D eigenvalue weighted by Crippen LogP contribution is -2.52. The predicted octanol–water partition coefficient (Wildman–Crippen LogP) is 4.08. The Morgan fingerprint density at radius 1 is 1.03 bits per heavy atom. The number of carbonyl (C=O) groups is 3. The highest BCUT2D eigenvalue weighted by Gasteiger charge is 2.44. The monoisotopic (exact) mass is 451 g/mol. The zero-order valence-electron chi connectivity index (χ0n) is 19.1. The van der Waals surface area contributed by atoms with E-state index >= 15 is 0 Å².